The molecule has 7 nitrogen and oxygen atoms in total. The molecule has 4 rings (SSSR count). The van der Waals surface area contributed by atoms with Crippen LogP contribution in [0.3, 0.4) is 0 Å². The number of benzene rings is 1. The molecular weight excluding hydrogens is 302 g/mol. The van der Waals surface area contributed by atoms with E-state index in [2.05, 4.69) is 0 Å². The van der Waals surface area contributed by atoms with E-state index in [1.165, 1.54) is 18.2 Å². The number of hydrogen-bond donors (Lipinski definition) is 3. The fraction of sp³-hybridized carbons (Fsp3) is 0.438. The number of aromatic carboxylic acids is 1. The number of amides is 2. The molecule has 0 unspecified atom stereocenters. The van der Waals surface area contributed by atoms with Crippen molar-refractivity contribution in [2.45, 2.75) is 18.6 Å². The molecule has 2 saturated carbocycles. The van der Waals surface area contributed by atoms with E-state index in [1.807, 2.05) is 0 Å². The van der Waals surface area contributed by atoms with Crippen molar-refractivity contribution in [3.63, 3.8) is 0 Å². The van der Waals surface area contributed by atoms with Crippen LogP contribution in [0.25, 0.3) is 0 Å². The Kier molecular flexibility index (Phi) is 2.88. The molecule has 0 radical (unpaired) electrons. The van der Waals surface area contributed by atoms with Crippen LogP contribution in [0, 0.1) is 23.7 Å². The maximum absolute atomic E-state index is 12.7. The average molecular weight is 317 g/mol. The van der Waals surface area contributed by atoms with Gasteiger partial charge < -0.3 is 15.3 Å². The van der Waals surface area contributed by atoms with E-state index in [4.69, 9.17) is 0 Å². The van der Waals surface area contributed by atoms with Crippen molar-refractivity contribution in [2.75, 3.05) is 4.90 Å². The van der Waals surface area contributed by atoms with Crippen LogP contribution < -0.4 is 4.90 Å². The lowest BCUT2D eigenvalue weighted by atomic mass is 9.78. The molecule has 1 aromatic rings. The summed E-state index contributed by atoms with van der Waals surface area (Å²) < 4.78 is 0. The van der Waals surface area contributed by atoms with Gasteiger partial charge in [0.15, 0.2) is 0 Å². The van der Waals surface area contributed by atoms with Crippen molar-refractivity contribution in [1.29, 1.82) is 0 Å². The summed E-state index contributed by atoms with van der Waals surface area (Å²) in [4.78, 5) is 37.7. The zero-order valence-corrected chi connectivity index (χ0v) is 12.0. The van der Waals surface area contributed by atoms with Crippen molar-refractivity contribution in [3.8, 4) is 0 Å². The molecule has 3 fully saturated rings. The van der Waals surface area contributed by atoms with Crippen LogP contribution in [0.4, 0.5) is 5.69 Å². The van der Waals surface area contributed by atoms with Gasteiger partial charge in [-0.1, -0.05) is 12.1 Å². The number of rotatable bonds is 2. The van der Waals surface area contributed by atoms with Gasteiger partial charge in [0, 0.05) is 11.8 Å². The van der Waals surface area contributed by atoms with E-state index < -0.39 is 53.7 Å². The van der Waals surface area contributed by atoms with Gasteiger partial charge >= 0.3 is 5.97 Å². The van der Waals surface area contributed by atoms with Crippen molar-refractivity contribution in [3.05, 3.63) is 29.8 Å². The van der Waals surface area contributed by atoms with Gasteiger partial charge in [-0.3, -0.25) is 9.59 Å². The molecule has 3 aliphatic rings. The maximum atomic E-state index is 12.7. The van der Waals surface area contributed by atoms with Gasteiger partial charge in [-0.2, -0.15) is 0 Å². The zero-order valence-electron chi connectivity index (χ0n) is 12.0. The van der Waals surface area contributed by atoms with E-state index in [0.717, 1.165) is 4.90 Å². The smallest absolute Gasteiger partial charge is 0.337 e. The number of anilines is 1. The number of aliphatic hydroxyl groups excluding tert-OH is 2. The highest BCUT2D eigenvalue weighted by Gasteiger charge is 2.67. The Morgan fingerprint density at radius 2 is 1.52 bits per heavy atom. The Bertz CT molecular complexity index is 699. The molecule has 2 amide bonds. The minimum absolute atomic E-state index is 0.0489. The second kappa shape index (κ2) is 4.62. The molecule has 1 heterocycles. The third kappa shape index (κ3) is 1.69. The van der Waals surface area contributed by atoms with Gasteiger partial charge in [0.25, 0.3) is 0 Å². The topological polar surface area (TPSA) is 115 Å². The van der Waals surface area contributed by atoms with Crippen LogP contribution in [0.15, 0.2) is 24.3 Å². The molecule has 23 heavy (non-hydrogen) atoms. The minimum atomic E-state index is -1.22. The summed E-state index contributed by atoms with van der Waals surface area (Å²) in [6.07, 6.45) is -1.57. The first-order valence-electron chi connectivity index (χ1n) is 7.49. The quantitative estimate of drug-likeness (QED) is 0.654. The van der Waals surface area contributed by atoms with Crippen molar-refractivity contribution in [2.24, 2.45) is 23.7 Å². The van der Waals surface area contributed by atoms with Crippen LogP contribution in [0.1, 0.15) is 16.8 Å². The second-order valence-electron chi connectivity index (χ2n) is 6.43. The molecular formula is C16H15NO6. The molecule has 0 aromatic heterocycles. The van der Waals surface area contributed by atoms with Gasteiger partial charge in [-0.05, 0) is 18.6 Å². The van der Waals surface area contributed by atoms with E-state index in [-0.39, 0.29) is 11.3 Å². The predicted octanol–water partition coefficient (Wildman–Crippen LogP) is -0.138. The fourth-order valence-corrected chi connectivity index (χ4v) is 4.52. The summed E-state index contributed by atoms with van der Waals surface area (Å²) in [6.45, 7) is 0. The monoisotopic (exact) mass is 317 g/mol. The largest absolute Gasteiger partial charge is 0.478 e. The standard InChI is InChI=1S/C16H15NO6/c18-12-7-5-8(13(12)19)11-10(7)14(20)17(15(11)21)9-4-2-1-3-6(9)16(22)23/h1-4,7-8,10-13,18-19H,5H2,(H,22,23)/t7-,8+,10-,11+,12-,13-/m0/s1. The molecule has 6 atom stereocenters. The van der Waals surface area contributed by atoms with Crippen LogP contribution >= 0.6 is 0 Å². The molecule has 1 aliphatic heterocycles. The maximum Gasteiger partial charge on any atom is 0.337 e. The first-order valence-corrected chi connectivity index (χ1v) is 7.49. The van der Waals surface area contributed by atoms with Crippen LogP contribution in [0.2, 0.25) is 0 Å². The fourth-order valence-electron chi connectivity index (χ4n) is 4.52. The number of carbonyl (C=O) groups excluding carboxylic acids is 2. The first kappa shape index (κ1) is 14.3. The van der Waals surface area contributed by atoms with Gasteiger partial charge in [-0.15, -0.1) is 0 Å². The number of fused-ring (bicyclic) bond motifs is 5. The SMILES string of the molecule is O=C(O)c1ccccc1N1C(=O)[C@@H]2[C@H]3C[C@H]([C@H](O)[C@H]3O)[C@@H]2C1=O. The highest BCUT2D eigenvalue weighted by molar-refractivity contribution is 6.24. The summed E-state index contributed by atoms with van der Waals surface area (Å²) in [5.41, 5.74) is -0.0737. The van der Waals surface area contributed by atoms with Gasteiger partial charge in [0.1, 0.15) is 0 Å². The third-order valence-corrected chi connectivity index (χ3v) is 5.47. The molecule has 3 N–H and O–H groups in total. The Morgan fingerprint density at radius 3 is 2.04 bits per heavy atom. The van der Waals surface area contributed by atoms with Crippen molar-refractivity contribution in [1.82, 2.24) is 0 Å². The van der Waals surface area contributed by atoms with Gasteiger partial charge in [-0.25, -0.2) is 9.69 Å². The zero-order chi connectivity index (χ0) is 16.5. The lowest BCUT2D eigenvalue weighted by Gasteiger charge is -2.29. The number of aliphatic hydroxyl groups is 2. The number of carboxylic acid groups (broad SMARTS) is 1. The van der Waals surface area contributed by atoms with E-state index in [0.29, 0.717) is 6.42 Å². The minimum Gasteiger partial charge on any atom is -0.478 e. The highest BCUT2D eigenvalue weighted by atomic mass is 16.4. The van der Waals surface area contributed by atoms with Gasteiger partial charge in [0.05, 0.1) is 35.3 Å². The average Bonchev–Trinajstić information content (AvgIpc) is 3.12. The first-order chi connectivity index (χ1) is 10.9. The molecule has 2 bridgehead atoms. The highest BCUT2D eigenvalue weighted by Crippen LogP contribution is 2.56. The Balaban J connectivity index is 1.78. The number of carbonyl (C=O) groups is 3. The Hall–Kier alpha value is -2.25. The lowest BCUT2D eigenvalue weighted by molar-refractivity contribution is -0.129. The van der Waals surface area contributed by atoms with E-state index in [1.54, 1.807) is 6.07 Å². The number of nitrogens with zero attached hydrogens (tertiary/aromatic N) is 1. The van der Waals surface area contributed by atoms with Gasteiger partial charge in [0.2, 0.25) is 11.8 Å². The summed E-state index contributed by atoms with van der Waals surface area (Å²) in [6, 6.07) is 5.85. The Labute approximate surface area is 131 Å². The second-order valence-corrected chi connectivity index (χ2v) is 6.43. The number of para-hydroxylation sites is 1. The summed E-state index contributed by atoms with van der Waals surface area (Å²) in [5, 5.41) is 29.3. The van der Waals surface area contributed by atoms with Crippen LogP contribution in [-0.4, -0.2) is 45.3 Å². The lowest BCUT2D eigenvalue weighted by Crippen LogP contribution is -2.43. The normalized spacial score (nSPS) is 38.3. The molecule has 120 valence electrons. The molecule has 2 aliphatic carbocycles. The Morgan fingerprint density at radius 1 is 1.00 bits per heavy atom. The number of imide groups is 1. The van der Waals surface area contributed by atoms with Crippen LogP contribution in [0.5, 0.6) is 0 Å². The predicted molar refractivity (Wildman–Crippen MR) is 76.5 cm³/mol. The van der Waals surface area contributed by atoms with E-state index in [9.17, 15) is 29.7 Å². The number of hydrogen-bond acceptors (Lipinski definition) is 5. The van der Waals surface area contributed by atoms with Crippen LogP contribution in [-0.2, 0) is 9.59 Å². The molecule has 1 saturated heterocycles. The van der Waals surface area contributed by atoms with Crippen molar-refractivity contribution >= 4 is 23.5 Å². The summed E-state index contributed by atoms with van der Waals surface area (Å²) >= 11 is 0. The van der Waals surface area contributed by atoms with Crippen molar-refractivity contribution < 1.29 is 29.7 Å². The molecule has 1 aromatic carbocycles. The summed E-state index contributed by atoms with van der Waals surface area (Å²) in [7, 11) is 0. The van der Waals surface area contributed by atoms with E-state index >= 15 is 0 Å². The third-order valence-electron chi connectivity index (χ3n) is 5.47. The summed E-state index contributed by atoms with van der Waals surface area (Å²) in [5.74, 6) is -4.42. The molecule has 7 heteroatoms. The number of carboxylic acids is 1. The molecule has 0 spiro atoms.